The smallest absolute Gasteiger partial charge is 0.319 e. The lowest BCUT2D eigenvalue weighted by molar-refractivity contribution is -0.116. The summed E-state index contributed by atoms with van der Waals surface area (Å²) in [4.78, 5) is 15.8. The number of aromatic nitrogens is 2. The van der Waals surface area contributed by atoms with Crippen molar-refractivity contribution in [1.29, 1.82) is 0 Å². The van der Waals surface area contributed by atoms with Crippen LogP contribution in [-0.4, -0.2) is 35.7 Å². The van der Waals surface area contributed by atoms with Crippen LogP contribution in [0.4, 0.5) is 8.78 Å². The Morgan fingerprint density at radius 1 is 1.32 bits per heavy atom. The maximum Gasteiger partial charge on any atom is 0.319 e. The minimum atomic E-state index is -2.64. The largest absolute Gasteiger partial charge is 0.493 e. The Morgan fingerprint density at radius 2 is 2.11 bits per heavy atom. The van der Waals surface area contributed by atoms with Gasteiger partial charge in [-0.05, 0) is 29.7 Å². The molecule has 0 saturated carbocycles. The van der Waals surface area contributed by atoms with E-state index in [1.54, 1.807) is 25.3 Å². The molecule has 0 saturated heterocycles. The van der Waals surface area contributed by atoms with Crippen LogP contribution >= 0.6 is 0 Å². The zero-order chi connectivity index (χ0) is 20.5. The number of ether oxygens (including phenoxy) is 2. The van der Waals surface area contributed by atoms with E-state index >= 15 is 0 Å². The maximum absolute atomic E-state index is 12.7. The van der Waals surface area contributed by atoms with Crippen LogP contribution in [0.1, 0.15) is 31.8 Å². The predicted molar refractivity (Wildman–Crippen MR) is 103 cm³/mol. The Kier molecular flexibility index (Phi) is 7.98. The molecule has 1 heterocycles. The number of nitrogens with zero attached hydrogens (tertiary/aromatic N) is 2. The summed E-state index contributed by atoms with van der Waals surface area (Å²) in [7, 11) is 1.56. The summed E-state index contributed by atoms with van der Waals surface area (Å²) in [5, 5.41) is 2.65. The van der Waals surface area contributed by atoms with Gasteiger partial charge in [0, 0.05) is 31.4 Å². The molecule has 0 fully saturated rings. The number of carbonyl (C=O) groups excluding carboxylic acids is 1. The molecule has 1 aromatic carbocycles. The highest BCUT2D eigenvalue weighted by molar-refractivity contribution is 5.91. The summed E-state index contributed by atoms with van der Waals surface area (Å²) in [6.45, 7) is 2.26. The summed E-state index contributed by atoms with van der Waals surface area (Å²) in [6.07, 6.45) is 5.76. The molecule has 28 heavy (non-hydrogen) atoms. The summed E-state index contributed by atoms with van der Waals surface area (Å²) < 4.78 is 37.3. The van der Waals surface area contributed by atoms with E-state index in [2.05, 4.69) is 24.1 Å². The summed E-state index contributed by atoms with van der Waals surface area (Å²) in [5.74, 6) is 1.52. The monoisotopic (exact) mass is 393 g/mol. The van der Waals surface area contributed by atoms with Crippen molar-refractivity contribution in [2.24, 2.45) is 5.92 Å². The van der Waals surface area contributed by atoms with E-state index < -0.39 is 6.55 Å². The zero-order valence-electron chi connectivity index (χ0n) is 16.2. The molecule has 1 N–H and O–H groups in total. The molecule has 0 unspecified atom stereocenters. The molecule has 152 valence electrons. The first-order chi connectivity index (χ1) is 13.4. The first kappa shape index (κ1) is 21.4. The summed E-state index contributed by atoms with van der Waals surface area (Å²) in [5.41, 5.74) is 0.775. The van der Waals surface area contributed by atoms with E-state index in [0.29, 0.717) is 24.0 Å². The van der Waals surface area contributed by atoms with Crippen molar-refractivity contribution in [1.82, 2.24) is 14.9 Å². The van der Waals surface area contributed by atoms with Gasteiger partial charge in [-0.1, -0.05) is 19.9 Å². The molecule has 0 aliphatic heterocycles. The lowest BCUT2D eigenvalue weighted by Crippen LogP contribution is -2.24. The highest BCUT2D eigenvalue weighted by Crippen LogP contribution is 2.29. The Balaban J connectivity index is 1.88. The van der Waals surface area contributed by atoms with Crippen LogP contribution in [0.15, 0.2) is 36.7 Å². The van der Waals surface area contributed by atoms with Gasteiger partial charge in [0.15, 0.2) is 11.5 Å². The molecule has 1 aromatic heterocycles. The van der Waals surface area contributed by atoms with Gasteiger partial charge in [-0.15, -0.1) is 0 Å². The second-order valence-corrected chi connectivity index (χ2v) is 6.52. The van der Waals surface area contributed by atoms with Crippen molar-refractivity contribution in [3.8, 4) is 11.5 Å². The Hall–Kier alpha value is -2.90. The Labute approximate surface area is 163 Å². The average Bonchev–Trinajstić information content (AvgIpc) is 3.13. The zero-order valence-corrected chi connectivity index (χ0v) is 16.2. The van der Waals surface area contributed by atoms with Crippen LogP contribution < -0.4 is 14.8 Å². The predicted octanol–water partition coefficient (Wildman–Crippen LogP) is 3.69. The molecular formula is C20H25F2N3O3. The van der Waals surface area contributed by atoms with Crippen LogP contribution in [0.3, 0.4) is 0 Å². The Morgan fingerprint density at radius 3 is 2.79 bits per heavy atom. The van der Waals surface area contributed by atoms with Gasteiger partial charge >= 0.3 is 6.55 Å². The summed E-state index contributed by atoms with van der Waals surface area (Å²) >= 11 is 0. The third-order valence-electron chi connectivity index (χ3n) is 3.79. The van der Waals surface area contributed by atoms with Crippen LogP contribution in [0.25, 0.3) is 6.08 Å². The number of hydrogen-bond donors (Lipinski definition) is 1. The molecule has 0 atom stereocenters. The number of methoxy groups -OCH3 is 1. The number of rotatable bonds is 10. The van der Waals surface area contributed by atoms with E-state index in [0.717, 1.165) is 10.1 Å². The number of imidazole rings is 1. The van der Waals surface area contributed by atoms with Crippen molar-refractivity contribution < 1.29 is 23.0 Å². The highest BCUT2D eigenvalue weighted by atomic mass is 19.3. The van der Waals surface area contributed by atoms with Gasteiger partial charge in [0.1, 0.15) is 5.82 Å². The van der Waals surface area contributed by atoms with Crippen molar-refractivity contribution >= 4 is 12.0 Å². The van der Waals surface area contributed by atoms with Crippen LogP contribution in [0.5, 0.6) is 11.5 Å². The standard InChI is InChI=1S/C20H25F2N3O3/c1-14(2)13-28-16-6-4-15(12-17(16)27-3)5-7-19(26)24-9-8-18-23-10-11-25(18)20(21)22/h4-7,10-12,14,20H,8-9,13H2,1-3H3,(H,24,26)/b7-5+. The van der Waals surface area contributed by atoms with Gasteiger partial charge in [0.25, 0.3) is 0 Å². The molecule has 0 bridgehead atoms. The van der Waals surface area contributed by atoms with E-state index in [1.807, 2.05) is 6.07 Å². The van der Waals surface area contributed by atoms with Gasteiger partial charge in [-0.25, -0.2) is 4.98 Å². The lowest BCUT2D eigenvalue weighted by Gasteiger charge is -2.12. The minimum absolute atomic E-state index is 0.207. The summed E-state index contributed by atoms with van der Waals surface area (Å²) in [6, 6.07) is 5.39. The highest BCUT2D eigenvalue weighted by Gasteiger charge is 2.11. The molecule has 0 radical (unpaired) electrons. The lowest BCUT2D eigenvalue weighted by atomic mass is 10.2. The van der Waals surface area contributed by atoms with Crippen molar-refractivity contribution in [2.45, 2.75) is 26.8 Å². The van der Waals surface area contributed by atoms with Crippen molar-refractivity contribution in [2.75, 3.05) is 20.3 Å². The van der Waals surface area contributed by atoms with Crippen molar-refractivity contribution in [3.63, 3.8) is 0 Å². The number of hydrogen-bond acceptors (Lipinski definition) is 4. The maximum atomic E-state index is 12.7. The fourth-order valence-electron chi connectivity index (χ4n) is 2.41. The quantitative estimate of drug-likeness (QED) is 0.625. The fraction of sp³-hybridized carbons (Fsp3) is 0.400. The van der Waals surface area contributed by atoms with Crippen molar-refractivity contribution in [3.05, 3.63) is 48.1 Å². The third kappa shape index (κ3) is 6.37. The Bertz CT molecular complexity index is 804. The number of carbonyl (C=O) groups is 1. The topological polar surface area (TPSA) is 65.4 Å². The first-order valence-electron chi connectivity index (χ1n) is 8.97. The molecule has 8 heteroatoms. The molecule has 0 aliphatic rings. The number of benzene rings is 1. The van der Waals surface area contributed by atoms with E-state index in [1.165, 1.54) is 18.5 Å². The van der Waals surface area contributed by atoms with Gasteiger partial charge in [-0.2, -0.15) is 8.78 Å². The molecule has 2 rings (SSSR count). The van der Waals surface area contributed by atoms with Crippen LogP contribution in [0, 0.1) is 5.92 Å². The third-order valence-corrected chi connectivity index (χ3v) is 3.79. The van der Waals surface area contributed by atoms with Crippen LogP contribution in [-0.2, 0) is 11.2 Å². The second kappa shape index (κ2) is 10.4. The number of alkyl halides is 2. The minimum Gasteiger partial charge on any atom is -0.493 e. The molecule has 0 aliphatic carbocycles. The van der Waals surface area contributed by atoms with Gasteiger partial charge in [-0.3, -0.25) is 9.36 Å². The second-order valence-electron chi connectivity index (χ2n) is 6.52. The molecule has 6 nitrogen and oxygen atoms in total. The van der Waals surface area contributed by atoms with E-state index in [4.69, 9.17) is 9.47 Å². The average molecular weight is 393 g/mol. The molecule has 0 spiro atoms. The molecule has 1 amide bonds. The number of halogens is 2. The van der Waals surface area contributed by atoms with Gasteiger partial charge < -0.3 is 14.8 Å². The van der Waals surface area contributed by atoms with E-state index in [9.17, 15) is 13.6 Å². The molecular weight excluding hydrogens is 368 g/mol. The van der Waals surface area contributed by atoms with Gasteiger partial charge in [0.05, 0.1) is 13.7 Å². The fourth-order valence-corrected chi connectivity index (χ4v) is 2.41. The SMILES string of the molecule is COc1cc(/C=C/C(=O)NCCc2nccn2C(F)F)ccc1OCC(C)C. The number of nitrogens with one attached hydrogen (secondary N) is 1. The first-order valence-corrected chi connectivity index (χ1v) is 8.97. The normalized spacial score (nSPS) is 11.4. The molecule has 2 aromatic rings. The van der Waals surface area contributed by atoms with E-state index in [-0.39, 0.29) is 24.7 Å². The van der Waals surface area contributed by atoms with Gasteiger partial charge in [0.2, 0.25) is 5.91 Å². The van der Waals surface area contributed by atoms with Crippen LogP contribution in [0.2, 0.25) is 0 Å². The number of amides is 1.